The van der Waals surface area contributed by atoms with Crippen LogP contribution in [0.25, 0.3) is 56.2 Å². The molecule has 0 amide bonds. The number of fused-ring (bicyclic) bond motifs is 2. The molecule has 9 aromatic rings. The minimum atomic E-state index is 0. The smallest absolute Gasteiger partial charge is 0.183 e. The molecule has 12 rings (SSSR count). The Morgan fingerprint density at radius 3 is 2.03 bits per heavy atom. The van der Waals surface area contributed by atoms with Crippen LogP contribution in [0.5, 0.6) is 0 Å². The fourth-order valence-corrected chi connectivity index (χ4v) is 8.27. The molecule has 3 aliphatic rings. The molecular weight excluding hydrogens is 1040 g/mol. The molecule has 7 N–H and O–H groups in total. The highest BCUT2D eigenvalue weighted by molar-refractivity contribution is 14.1. The second kappa shape index (κ2) is 24.9. The molecule has 2 fully saturated rings. The predicted molar refractivity (Wildman–Crippen MR) is 297 cm³/mol. The molecule has 0 saturated carbocycles. The molecule has 10 heterocycles. The van der Waals surface area contributed by atoms with Crippen LogP contribution in [0.3, 0.4) is 0 Å². The Kier molecular flexibility index (Phi) is 17.1. The number of imidazole rings is 2. The van der Waals surface area contributed by atoms with Gasteiger partial charge in [0, 0.05) is 105 Å². The van der Waals surface area contributed by atoms with Crippen molar-refractivity contribution in [3.05, 3.63) is 145 Å². The van der Waals surface area contributed by atoms with E-state index >= 15 is 0 Å². The van der Waals surface area contributed by atoms with Crippen molar-refractivity contribution in [2.24, 2.45) is 4.99 Å². The second-order valence-electron chi connectivity index (χ2n) is 16.7. The van der Waals surface area contributed by atoms with Gasteiger partial charge in [-0.25, -0.2) is 24.9 Å². The van der Waals surface area contributed by atoms with Crippen molar-refractivity contribution < 1.29 is 15.6 Å². The molecule has 0 atom stereocenters. The van der Waals surface area contributed by atoms with Crippen molar-refractivity contribution in [2.45, 2.75) is 20.3 Å². The molecule has 0 aliphatic carbocycles. The van der Waals surface area contributed by atoms with Gasteiger partial charge in [0.2, 0.25) is 0 Å². The molecule has 0 spiro atoms. The van der Waals surface area contributed by atoms with Crippen molar-refractivity contribution in [2.75, 3.05) is 85.3 Å². The van der Waals surface area contributed by atoms with E-state index in [1.807, 2.05) is 114 Å². The number of aromatic nitrogens is 11. The highest BCUT2D eigenvalue weighted by Gasteiger charge is 2.21. The molecule has 2 aromatic carbocycles. The van der Waals surface area contributed by atoms with Gasteiger partial charge in [0.25, 0.3) is 0 Å². The van der Waals surface area contributed by atoms with Gasteiger partial charge in [-0.2, -0.15) is 5.10 Å². The van der Waals surface area contributed by atoms with E-state index < -0.39 is 0 Å². The normalized spacial score (nSPS) is 14.3. The Morgan fingerprint density at radius 2 is 1.38 bits per heavy atom. The van der Waals surface area contributed by atoms with E-state index in [4.69, 9.17) is 27.3 Å². The maximum Gasteiger partial charge on any atom is 0.183 e. The Hall–Kier alpha value is -7.95. The maximum absolute atomic E-state index is 12.7. The fourth-order valence-electron chi connectivity index (χ4n) is 8.27. The Balaban J connectivity index is 0.000000162. The van der Waals surface area contributed by atoms with Gasteiger partial charge in [0.15, 0.2) is 17.3 Å². The number of carbonyl (C=O) groups excluding carboxylic acids is 1. The van der Waals surface area contributed by atoms with Crippen LogP contribution in [-0.4, -0.2) is 131 Å². The number of H-pyrrole nitrogens is 3. The number of aromatic amines is 3. The third-order valence-electron chi connectivity index (χ3n) is 11.8. The molecule has 3 aliphatic heterocycles. The zero-order chi connectivity index (χ0) is 50.4. The van der Waals surface area contributed by atoms with Crippen LogP contribution in [0.4, 0.5) is 23.1 Å². The van der Waals surface area contributed by atoms with Gasteiger partial charge in [-0.05, 0) is 76.7 Å². The fraction of sp³-hybridized carbons (Fsp3) is 0.245. The Morgan fingerprint density at radius 1 is 0.740 bits per heavy atom. The summed E-state index contributed by atoms with van der Waals surface area (Å²) in [4.78, 5) is 59.8. The number of hydrogen-bond donors (Lipinski definition) is 5. The van der Waals surface area contributed by atoms with Crippen molar-refractivity contribution in [3.63, 3.8) is 0 Å². The van der Waals surface area contributed by atoms with Crippen LogP contribution in [0, 0.1) is 0 Å². The zero-order valence-corrected chi connectivity index (χ0v) is 41.4. The highest BCUT2D eigenvalue weighted by atomic mass is 127. The van der Waals surface area contributed by atoms with Crippen LogP contribution in [0.15, 0.2) is 139 Å². The number of ketones is 1. The number of morpholine rings is 2. The van der Waals surface area contributed by atoms with Gasteiger partial charge >= 0.3 is 0 Å². The highest BCUT2D eigenvalue weighted by Crippen LogP contribution is 2.29. The van der Waals surface area contributed by atoms with E-state index in [0.717, 1.165) is 130 Å². The average Bonchev–Trinajstić information content (AvgIpc) is 4.28. The summed E-state index contributed by atoms with van der Waals surface area (Å²) in [6.45, 7) is 6.66. The number of aliphatic imine (C=N–C) groups is 1. The summed E-state index contributed by atoms with van der Waals surface area (Å²) in [5.74, 6) is 3.99. The largest absolute Gasteiger partial charge is 0.399 e. The number of halogens is 1. The number of rotatable bonds is 10. The zero-order valence-electron chi connectivity index (χ0n) is 40.3. The average molecular weight is 1090 g/mol. The number of alkyl halides is 1. The lowest BCUT2D eigenvalue weighted by Gasteiger charge is -2.27. The molecule has 7 aromatic heterocycles. The molecule has 0 bridgehead atoms. The molecule has 0 unspecified atom stereocenters. The number of nitrogens with zero attached hydrogens (tertiary/aromatic N) is 11. The number of pyridine rings is 3. The van der Waals surface area contributed by atoms with Crippen LogP contribution < -0.4 is 21.3 Å². The summed E-state index contributed by atoms with van der Waals surface area (Å²) < 4.78 is 17.1. The lowest BCUT2D eigenvalue weighted by atomic mass is 10.0. The second-order valence-corrected chi connectivity index (χ2v) is 16.7. The summed E-state index contributed by atoms with van der Waals surface area (Å²) in [5.41, 5.74) is 23.0. The molecule has 2 saturated heterocycles. The standard InChI is InChI=1S/C27H25N7O2.C16H17N5O.C8H8N4.CH3I.CH4/c35-22(13-19-14-23(29-15-19)21-2-1-7-28-16-21)12-18-3-5-20(6-4-18)25-32-24-26(33-25)30-17-31-27(24)34-8-10-36-11-9-34;17-12-3-1-11(2-4-12)15-19-13-5-6-18-16(14(13)20-15)21-7-9-22-10-8-21;9-8-4-7(11-12-8)6-2-1-3-10-5-6;1-2;/h1-7,14,16-17H,8-13,15H2,(H,30,31,32,33);1-6H,7-10,17H2,(H,19,20);1-5H,(H3,9,11,12);1H3;1H4/i;;;1D;. The van der Waals surface area contributed by atoms with Crippen LogP contribution >= 0.6 is 22.6 Å². The minimum Gasteiger partial charge on any atom is -0.399 e. The lowest BCUT2D eigenvalue weighted by molar-refractivity contribution is -0.117. The molecular formula is C53H57IN16O3. The number of carbonyl (C=O) groups is 1. The molecule has 73 heavy (non-hydrogen) atoms. The van der Waals surface area contributed by atoms with E-state index in [-0.39, 0.29) is 13.2 Å². The van der Waals surface area contributed by atoms with Crippen LogP contribution in [-0.2, 0) is 20.7 Å². The first-order valence-corrected chi connectivity index (χ1v) is 24.7. The SMILES string of the molecule is C.Nc1cc(-c2cccnc2)[nH]n1.Nc1ccc(-c2nc3c(N4CCOCC4)nccc3[nH]2)cc1.O=C(CC1=CC(c2cccnc2)=NC1)Cc1ccc(-c2nc3ncnc(N4CCOCC4)c3[nH]2)cc1.[2H]CI. The van der Waals surface area contributed by atoms with Gasteiger partial charge in [0.1, 0.15) is 40.6 Å². The summed E-state index contributed by atoms with van der Waals surface area (Å²) in [6, 6.07) is 27.0. The van der Waals surface area contributed by atoms with E-state index in [1.54, 1.807) is 37.2 Å². The van der Waals surface area contributed by atoms with Crippen molar-refractivity contribution in [1.82, 2.24) is 55.1 Å². The maximum atomic E-state index is 12.7. The van der Waals surface area contributed by atoms with E-state index in [1.165, 1.54) is 0 Å². The number of ether oxygens (including phenoxy) is 2. The summed E-state index contributed by atoms with van der Waals surface area (Å²) >= 11 is 1.96. The first kappa shape index (κ1) is 50.0. The molecule has 374 valence electrons. The molecule has 20 heteroatoms. The van der Waals surface area contributed by atoms with Gasteiger partial charge < -0.3 is 40.7 Å². The minimum absolute atomic E-state index is 0. The first-order valence-electron chi connectivity index (χ1n) is 23.9. The quantitative estimate of drug-likeness (QED) is 0.0494. The van der Waals surface area contributed by atoms with E-state index in [9.17, 15) is 4.79 Å². The summed E-state index contributed by atoms with van der Waals surface area (Å²) in [7, 11) is 0. The Bertz CT molecular complexity index is 3280. The number of nitrogens with two attached hydrogens (primary N) is 2. The van der Waals surface area contributed by atoms with E-state index in [2.05, 4.69) is 64.9 Å². The number of allylic oxidation sites excluding steroid dienone is 1. The monoisotopic (exact) mass is 1090 g/mol. The molecule has 19 nitrogen and oxygen atoms in total. The number of nitrogens with one attached hydrogen (secondary N) is 3. The van der Waals surface area contributed by atoms with Gasteiger partial charge in [0.05, 0.1) is 49.9 Å². The van der Waals surface area contributed by atoms with Crippen molar-refractivity contribution in [3.8, 4) is 34.0 Å². The van der Waals surface area contributed by atoms with Crippen molar-refractivity contribution >= 4 is 79.4 Å². The van der Waals surface area contributed by atoms with Crippen LogP contribution in [0.2, 0.25) is 0 Å². The lowest BCUT2D eigenvalue weighted by Crippen LogP contribution is -2.36. The number of Topliss-reactive ketones (excluding diaryl/α,β-unsaturated/α-hetero) is 1. The number of anilines is 4. The summed E-state index contributed by atoms with van der Waals surface area (Å²) in [5, 5.41) is 6.62. The number of benzene rings is 2. The third kappa shape index (κ3) is 12.9. The third-order valence-corrected chi connectivity index (χ3v) is 11.8. The van der Waals surface area contributed by atoms with Gasteiger partial charge in [-0.3, -0.25) is 24.9 Å². The van der Waals surface area contributed by atoms with E-state index in [0.29, 0.717) is 49.0 Å². The number of nitrogen functional groups attached to an aromatic ring is 2. The predicted octanol–water partition coefficient (Wildman–Crippen LogP) is 7.97. The molecule has 0 radical (unpaired) electrons. The first-order chi connectivity index (χ1) is 35.8. The topological polar surface area (TPSA) is 257 Å². The summed E-state index contributed by atoms with van der Waals surface area (Å²) in [6.07, 6.45) is 13.2. The number of hydrogen-bond acceptors (Lipinski definition) is 16. The van der Waals surface area contributed by atoms with Crippen molar-refractivity contribution in [1.29, 1.82) is 0 Å². The Labute approximate surface area is 437 Å². The van der Waals surface area contributed by atoms with Crippen LogP contribution in [0.1, 0.15) is 26.3 Å². The van der Waals surface area contributed by atoms with Gasteiger partial charge in [-0.15, -0.1) is 0 Å². The van der Waals surface area contributed by atoms with Gasteiger partial charge in [-0.1, -0.05) is 54.3 Å².